The molecule has 7 heteroatoms. The molecule has 1 amide bonds. The van der Waals surface area contributed by atoms with E-state index in [1.54, 1.807) is 18.5 Å². The predicted octanol–water partition coefficient (Wildman–Crippen LogP) is 1.68. The zero-order chi connectivity index (χ0) is 17.1. The minimum atomic E-state index is -0.283. The molecule has 1 saturated heterocycles. The third-order valence-corrected chi connectivity index (χ3v) is 4.01. The Kier molecular flexibility index (Phi) is 4.71. The molecule has 2 N–H and O–H groups in total. The maximum absolute atomic E-state index is 12.3. The highest BCUT2D eigenvalue weighted by atomic mass is 16.5. The van der Waals surface area contributed by atoms with Crippen molar-refractivity contribution >= 4 is 11.7 Å². The van der Waals surface area contributed by atoms with E-state index < -0.39 is 0 Å². The third-order valence-electron chi connectivity index (χ3n) is 4.01. The number of morpholine rings is 1. The van der Waals surface area contributed by atoms with Crippen LogP contribution in [0.2, 0.25) is 0 Å². The average molecular weight is 327 g/mol. The monoisotopic (exact) mass is 327 g/mol. The molecule has 1 aliphatic heterocycles. The second-order valence-corrected chi connectivity index (χ2v) is 6.09. The largest absolute Gasteiger partial charge is 0.384 e. The van der Waals surface area contributed by atoms with Crippen LogP contribution in [0.15, 0.2) is 30.9 Å². The van der Waals surface area contributed by atoms with E-state index in [2.05, 4.69) is 15.0 Å². The van der Waals surface area contributed by atoms with Crippen LogP contribution in [0.3, 0.4) is 0 Å². The van der Waals surface area contributed by atoms with Crippen molar-refractivity contribution < 1.29 is 9.53 Å². The standard InChI is InChI=1S/C17H21N5O2/c1-11(2)17(23)22-5-6-24-14(9-22)16-13(8-19-10-21-16)12-3-4-20-15(18)7-12/h3-4,7-8,10-11,14H,5-6,9H2,1-2H3,(H2,18,20)/t14-/m0/s1. The summed E-state index contributed by atoms with van der Waals surface area (Å²) in [7, 11) is 0. The van der Waals surface area contributed by atoms with Crippen molar-refractivity contribution in [2.75, 3.05) is 25.4 Å². The average Bonchev–Trinajstić information content (AvgIpc) is 2.61. The summed E-state index contributed by atoms with van der Waals surface area (Å²) in [4.78, 5) is 26.7. The Labute approximate surface area is 140 Å². The fourth-order valence-electron chi connectivity index (χ4n) is 2.81. The van der Waals surface area contributed by atoms with Crippen LogP contribution >= 0.6 is 0 Å². The molecule has 1 fully saturated rings. The van der Waals surface area contributed by atoms with Gasteiger partial charge in [-0.3, -0.25) is 4.79 Å². The second kappa shape index (κ2) is 6.92. The van der Waals surface area contributed by atoms with Gasteiger partial charge in [-0.25, -0.2) is 15.0 Å². The number of pyridine rings is 1. The molecule has 0 saturated carbocycles. The zero-order valence-electron chi connectivity index (χ0n) is 13.8. The van der Waals surface area contributed by atoms with Crippen LogP contribution in [0.5, 0.6) is 0 Å². The quantitative estimate of drug-likeness (QED) is 0.921. The van der Waals surface area contributed by atoms with Gasteiger partial charge in [0.25, 0.3) is 0 Å². The van der Waals surface area contributed by atoms with E-state index in [0.29, 0.717) is 25.5 Å². The van der Waals surface area contributed by atoms with E-state index in [0.717, 1.165) is 16.8 Å². The van der Waals surface area contributed by atoms with E-state index in [9.17, 15) is 4.79 Å². The fourth-order valence-corrected chi connectivity index (χ4v) is 2.81. The number of rotatable bonds is 3. The first-order valence-electron chi connectivity index (χ1n) is 7.98. The number of nitrogens with zero attached hydrogens (tertiary/aromatic N) is 4. The van der Waals surface area contributed by atoms with Gasteiger partial charge in [0.2, 0.25) is 5.91 Å². The molecule has 0 aromatic carbocycles. The molecule has 126 valence electrons. The number of hydrogen-bond acceptors (Lipinski definition) is 6. The highest BCUT2D eigenvalue weighted by Crippen LogP contribution is 2.30. The molecule has 1 atom stereocenters. The van der Waals surface area contributed by atoms with Crippen molar-refractivity contribution in [3.05, 3.63) is 36.5 Å². The van der Waals surface area contributed by atoms with Gasteiger partial charge in [-0.1, -0.05) is 13.8 Å². The predicted molar refractivity (Wildman–Crippen MR) is 89.8 cm³/mol. The van der Waals surface area contributed by atoms with Crippen LogP contribution in [0.25, 0.3) is 11.1 Å². The number of nitrogens with two attached hydrogens (primary N) is 1. The van der Waals surface area contributed by atoms with Gasteiger partial charge in [-0.05, 0) is 17.7 Å². The summed E-state index contributed by atoms with van der Waals surface area (Å²) in [5.74, 6) is 0.532. The first kappa shape index (κ1) is 16.3. The normalized spacial score (nSPS) is 18.0. The summed E-state index contributed by atoms with van der Waals surface area (Å²) >= 11 is 0. The lowest BCUT2D eigenvalue weighted by Gasteiger charge is -2.34. The van der Waals surface area contributed by atoms with Crippen molar-refractivity contribution in [1.29, 1.82) is 0 Å². The van der Waals surface area contributed by atoms with Gasteiger partial charge in [0.05, 0.1) is 18.8 Å². The van der Waals surface area contributed by atoms with Gasteiger partial charge in [-0.2, -0.15) is 0 Å². The Hall–Kier alpha value is -2.54. The Balaban J connectivity index is 1.91. The maximum atomic E-state index is 12.3. The first-order chi connectivity index (χ1) is 11.6. The number of carbonyl (C=O) groups is 1. The van der Waals surface area contributed by atoms with Crippen molar-refractivity contribution in [2.24, 2.45) is 5.92 Å². The van der Waals surface area contributed by atoms with Crippen LogP contribution in [-0.4, -0.2) is 45.5 Å². The molecule has 7 nitrogen and oxygen atoms in total. The summed E-state index contributed by atoms with van der Waals surface area (Å²) in [5.41, 5.74) is 8.27. The molecular weight excluding hydrogens is 306 g/mol. The lowest BCUT2D eigenvalue weighted by molar-refractivity contribution is -0.142. The topological polar surface area (TPSA) is 94.2 Å². The molecule has 0 spiro atoms. The Morgan fingerprint density at radius 1 is 1.42 bits per heavy atom. The zero-order valence-corrected chi connectivity index (χ0v) is 13.8. The molecular formula is C17H21N5O2. The Morgan fingerprint density at radius 2 is 2.25 bits per heavy atom. The Bertz CT molecular complexity index is 734. The molecule has 1 aliphatic rings. The van der Waals surface area contributed by atoms with Crippen LogP contribution in [0, 0.1) is 5.92 Å². The van der Waals surface area contributed by atoms with Gasteiger partial charge in [0.15, 0.2) is 0 Å². The molecule has 0 aliphatic carbocycles. The number of carbonyl (C=O) groups excluding carboxylic acids is 1. The summed E-state index contributed by atoms with van der Waals surface area (Å²) in [6.07, 6.45) is 4.60. The van der Waals surface area contributed by atoms with Gasteiger partial charge < -0.3 is 15.4 Å². The smallest absolute Gasteiger partial charge is 0.225 e. The molecule has 0 unspecified atom stereocenters. The second-order valence-electron chi connectivity index (χ2n) is 6.09. The van der Waals surface area contributed by atoms with Crippen LogP contribution < -0.4 is 5.73 Å². The molecule has 24 heavy (non-hydrogen) atoms. The van der Waals surface area contributed by atoms with Crippen LogP contribution in [0.4, 0.5) is 5.82 Å². The van der Waals surface area contributed by atoms with Crippen LogP contribution in [0.1, 0.15) is 25.6 Å². The van der Waals surface area contributed by atoms with Crippen molar-refractivity contribution in [1.82, 2.24) is 19.9 Å². The molecule has 0 radical (unpaired) electrons. The fraction of sp³-hybridized carbons (Fsp3) is 0.412. The van der Waals surface area contributed by atoms with E-state index in [1.807, 2.05) is 24.8 Å². The van der Waals surface area contributed by atoms with Crippen molar-refractivity contribution in [3.8, 4) is 11.1 Å². The lowest BCUT2D eigenvalue weighted by Crippen LogP contribution is -2.44. The van der Waals surface area contributed by atoms with Gasteiger partial charge in [-0.15, -0.1) is 0 Å². The van der Waals surface area contributed by atoms with Gasteiger partial charge in [0.1, 0.15) is 18.2 Å². The van der Waals surface area contributed by atoms with E-state index in [1.165, 1.54) is 6.33 Å². The third kappa shape index (κ3) is 3.35. The number of aromatic nitrogens is 3. The van der Waals surface area contributed by atoms with Crippen LogP contribution in [-0.2, 0) is 9.53 Å². The van der Waals surface area contributed by atoms with E-state index in [-0.39, 0.29) is 17.9 Å². The molecule has 2 aromatic rings. The summed E-state index contributed by atoms with van der Waals surface area (Å²) in [6.45, 7) is 5.40. The highest BCUT2D eigenvalue weighted by Gasteiger charge is 2.29. The minimum absolute atomic E-state index is 0.0337. The maximum Gasteiger partial charge on any atom is 0.225 e. The van der Waals surface area contributed by atoms with Crippen molar-refractivity contribution in [3.63, 3.8) is 0 Å². The number of nitrogen functional groups attached to an aromatic ring is 1. The van der Waals surface area contributed by atoms with E-state index in [4.69, 9.17) is 10.5 Å². The Morgan fingerprint density at radius 3 is 3.00 bits per heavy atom. The summed E-state index contributed by atoms with van der Waals surface area (Å²) < 4.78 is 5.89. The number of amides is 1. The van der Waals surface area contributed by atoms with Gasteiger partial charge in [0, 0.05) is 30.4 Å². The highest BCUT2D eigenvalue weighted by molar-refractivity contribution is 5.78. The summed E-state index contributed by atoms with van der Waals surface area (Å²) in [6, 6.07) is 3.64. The van der Waals surface area contributed by atoms with Gasteiger partial charge >= 0.3 is 0 Å². The number of ether oxygens (including phenoxy) is 1. The molecule has 3 heterocycles. The SMILES string of the molecule is CC(C)C(=O)N1CCO[C@H](c2ncncc2-c2ccnc(N)c2)C1. The number of hydrogen-bond donors (Lipinski definition) is 1. The molecule has 3 rings (SSSR count). The first-order valence-corrected chi connectivity index (χ1v) is 7.98. The van der Waals surface area contributed by atoms with Crippen molar-refractivity contribution in [2.45, 2.75) is 20.0 Å². The minimum Gasteiger partial charge on any atom is -0.384 e. The number of anilines is 1. The van der Waals surface area contributed by atoms with E-state index >= 15 is 0 Å². The molecule has 2 aromatic heterocycles. The summed E-state index contributed by atoms with van der Waals surface area (Å²) in [5, 5.41) is 0. The molecule has 0 bridgehead atoms. The lowest BCUT2D eigenvalue weighted by atomic mass is 10.0.